The number of nitrogens with zero attached hydrogens (tertiary/aromatic N) is 1. The minimum absolute atomic E-state index is 0.101. The molecule has 0 amide bonds. The summed E-state index contributed by atoms with van der Waals surface area (Å²) in [5, 5.41) is 0. The van der Waals surface area contributed by atoms with Crippen molar-refractivity contribution >= 4 is 12.0 Å². The van der Waals surface area contributed by atoms with Gasteiger partial charge in [0.25, 0.3) is 0 Å². The fourth-order valence-electron chi connectivity index (χ4n) is 1.22. The van der Waals surface area contributed by atoms with Crippen LogP contribution in [-0.4, -0.2) is 27.0 Å². The van der Waals surface area contributed by atoms with Crippen LogP contribution in [0.2, 0.25) is 0 Å². The molecule has 0 saturated carbocycles. The highest BCUT2D eigenvalue weighted by molar-refractivity contribution is 5.60. The molecular formula is C11H15NO2. The Bertz CT molecular complexity index is 321. The Hall–Kier alpha value is -1.51. The molecule has 76 valence electrons. The van der Waals surface area contributed by atoms with Crippen molar-refractivity contribution in [2.24, 2.45) is 0 Å². The number of benzene rings is 1. The van der Waals surface area contributed by atoms with Crippen LogP contribution in [-0.2, 0) is 4.79 Å². The fraction of sp³-hybridized carbons (Fsp3) is 0.364. The zero-order chi connectivity index (χ0) is 10.6. The molecular weight excluding hydrogens is 178 g/mol. The van der Waals surface area contributed by atoms with Gasteiger partial charge in [-0.1, -0.05) is 6.07 Å². The number of hydrogen-bond donors (Lipinski definition) is 0. The van der Waals surface area contributed by atoms with Crippen molar-refractivity contribution < 1.29 is 9.53 Å². The van der Waals surface area contributed by atoms with E-state index in [-0.39, 0.29) is 6.61 Å². The summed E-state index contributed by atoms with van der Waals surface area (Å²) in [5.41, 5.74) is 2.17. The van der Waals surface area contributed by atoms with Gasteiger partial charge in [0.05, 0.1) is 5.69 Å². The third kappa shape index (κ3) is 2.49. The quantitative estimate of drug-likeness (QED) is 0.681. The van der Waals surface area contributed by atoms with E-state index in [4.69, 9.17) is 4.74 Å². The Morgan fingerprint density at radius 1 is 1.43 bits per heavy atom. The van der Waals surface area contributed by atoms with E-state index in [1.54, 1.807) is 0 Å². The van der Waals surface area contributed by atoms with Crippen LogP contribution in [0.25, 0.3) is 0 Å². The summed E-state index contributed by atoms with van der Waals surface area (Å²) in [5.74, 6) is 0.743. The molecule has 0 saturated heterocycles. The number of carbonyl (C=O) groups excluding carboxylic acids is 1. The van der Waals surface area contributed by atoms with Crippen molar-refractivity contribution in [1.29, 1.82) is 0 Å². The van der Waals surface area contributed by atoms with Gasteiger partial charge < -0.3 is 9.64 Å². The molecule has 0 aliphatic carbocycles. The van der Waals surface area contributed by atoms with E-state index in [9.17, 15) is 4.79 Å². The minimum Gasteiger partial charge on any atom is -0.484 e. The molecule has 3 nitrogen and oxygen atoms in total. The average molecular weight is 193 g/mol. The van der Waals surface area contributed by atoms with Gasteiger partial charge >= 0.3 is 0 Å². The average Bonchev–Trinajstić information content (AvgIpc) is 2.15. The molecule has 14 heavy (non-hydrogen) atoms. The van der Waals surface area contributed by atoms with Gasteiger partial charge in [-0.2, -0.15) is 0 Å². The first-order valence-corrected chi connectivity index (χ1v) is 4.49. The smallest absolute Gasteiger partial charge is 0.157 e. The zero-order valence-corrected chi connectivity index (χ0v) is 8.78. The third-order valence-corrected chi connectivity index (χ3v) is 1.90. The van der Waals surface area contributed by atoms with Crippen LogP contribution >= 0.6 is 0 Å². The number of carbonyl (C=O) groups is 1. The number of ether oxygens (including phenoxy) is 1. The van der Waals surface area contributed by atoms with Gasteiger partial charge in [0, 0.05) is 14.1 Å². The van der Waals surface area contributed by atoms with Gasteiger partial charge in [0.15, 0.2) is 6.29 Å². The molecule has 0 radical (unpaired) electrons. The van der Waals surface area contributed by atoms with Crippen LogP contribution in [0.1, 0.15) is 5.56 Å². The Morgan fingerprint density at radius 2 is 2.14 bits per heavy atom. The van der Waals surface area contributed by atoms with Crippen molar-refractivity contribution in [3.8, 4) is 5.75 Å². The number of anilines is 1. The lowest BCUT2D eigenvalue weighted by Crippen LogP contribution is -2.11. The molecule has 0 aromatic heterocycles. The molecule has 0 unspecified atom stereocenters. The Morgan fingerprint density at radius 3 is 2.71 bits per heavy atom. The highest BCUT2D eigenvalue weighted by Gasteiger charge is 2.05. The molecule has 1 aromatic rings. The number of aldehydes is 1. The predicted molar refractivity (Wildman–Crippen MR) is 57.1 cm³/mol. The summed E-state index contributed by atoms with van der Waals surface area (Å²) < 4.78 is 5.29. The third-order valence-electron chi connectivity index (χ3n) is 1.90. The van der Waals surface area contributed by atoms with Gasteiger partial charge in [-0.05, 0) is 24.6 Å². The topological polar surface area (TPSA) is 29.5 Å². The number of aryl methyl sites for hydroxylation is 1. The lowest BCUT2D eigenvalue weighted by atomic mass is 10.2. The summed E-state index contributed by atoms with van der Waals surface area (Å²) in [4.78, 5) is 12.2. The molecule has 0 spiro atoms. The predicted octanol–water partition coefficient (Wildman–Crippen LogP) is 1.64. The summed E-state index contributed by atoms with van der Waals surface area (Å²) in [6, 6.07) is 5.88. The second kappa shape index (κ2) is 4.65. The second-order valence-electron chi connectivity index (χ2n) is 3.34. The normalized spacial score (nSPS) is 9.64. The Balaban J connectivity index is 2.95. The van der Waals surface area contributed by atoms with Crippen LogP contribution in [0, 0.1) is 6.92 Å². The van der Waals surface area contributed by atoms with Crippen LogP contribution < -0.4 is 9.64 Å². The number of hydrogen-bond acceptors (Lipinski definition) is 3. The van der Waals surface area contributed by atoms with E-state index in [0.29, 0.717) is 0 Å². The van der Waals surface area contributed by atoms with E-state index in [0.717, 1.165) is 17.7 Å². The molecule has 0 heterocycles. The lowest BCUT2D eigenvalue weighted by Gasteiger charge is -2.17. The molecule has 1 aromatic carbocycles. The van der Waals surface area contributed by atoms with Gasteiger partial charge in [0.1, 0.15) is 12.4 Å². The maximum atomic E-state index is 10.2. The van der Waals surface area contributed by atoms with Gasteiger partial charge in [-0.15, -0.1) is 0 Å². The summed E-state index contributed by atoms with van der Waals surface area (Å²) in [6.07, 6.45) is 0.749. The molecule has 0 atom stereocenters. The molecule has 0 aliphatic rings. The fourth-order valence-corrected chi connectivity index (χ4v) is 1.22. The van der Waals surface area contributed by atoms with Gasteiger partial charge in [-0.3, -0.25) is 4.79 Å². The van der Waals surface area contributed by atoms with E-state index in [1.807, 2.05) is 44.1 Å². The Labute approximate surface area is 84.3 Å². The lowest BCUT2D eigenvalue weighted by molar-refractivity contribution is -0.109. The van der Waals surface area contributed by atoms with E-state index >= 15 is 0 Å². The first kappa shape index (κ1) is 10.6. The minimum atomic E-state index is 0.101. The number of rotatable bonds is 4. The maximum absolute atomic E-state index is 10.2. The van der Waals surface area contributed by atoms with Crippen LogP contribution in [0.4, 0.5) is 5.69 Å². The van der Waals surface area contributed by atoms with Crippen molar-refractivity contribution in [3.05, 3.63) is 23.8 Å². The first-order valence-electron chi connectivity index (χ1n) is 4.49. The zero-order valence-electron chi connectivity index (χ0n) is 8.78. The van der Waals surface area contributed by atoms with Gasteiger partial charge in [-0.25, -0.2) is 0 Å². The summed E-state index contributed by atoms with van der Waals surface area (Å²) in [7, 11) is 3.89. The molecule has 0 bridgehead atoms. The van der Waals surface area contributed by atoms with Crippen molar-refractivity contribution in [3.63, 3.8) is 0 Å². The molecule has 0 aliphatic heterocycles. The highest BCUT2D eigenvalue weighted by Crippen LogP contribution is 2.27. The molecule has 3 heteroatoms. The van der Waals surface area contributed by atoms with Crippen molar-refractivity contribution in [1.82, 2.24) is 0 Å². The summed E-state index contributed by atoms with van der Waals surface area (Å²) in [6.45, 7) is 2.13. The van der Waals surface area contributed by atoms with Crippen LogP contribution in [0.3, 0.4) is 0 Å². The summed E-state index contributed by atoms with van der Waals surface area (Å²) >= 11 is 0. The van der Waals surface area contributed by atoms with Gasteiger partial charge in [0.2, 0.25) is 0 Å². The largest absolute Gasteiger partial charge is 0.484 e. The maximum Gasteiger partial charge on any atom is 0.157 e. The monoisotopic (exact) mass is 193 g/mol. The van der Waals surface area contributed by atoms with E-state index < -0.39 is 0 Å². The standard InChI is InChI=1S/C11H15NO2/c1-9-4-5-11(14-7-6-13)10(8-9)12(2)3/h4-6,8H,7H2,1-3H3. The van der Waals surface area contributed by atoms with E-state index in [1.165, 1.54) is 5.56 Å². The van der Waals surface area contributed by atoms with Crippen molar-refractivity contribution in [2.45, 2.75) is 6.92 Å². The first-order chi connectivity index (χ1) is 6.65. The van der Waals surface area contributed by atoms with Crippen molar-refractivity contribution in [2.75, 3.05) is 25.6 Å². The second-order valence-corrected chi connectivity index (χ2v) is 3.34. The highest BCUT2D eigenvalue weighted by atomic mass is 16.5. The Kier molecular flexibility index (Phi) is 3.51. The molecule has 0 fully saturated rings. The molecule has 0 N–H and O–H groups in total. The van der Waals surface area contributed by atoms with Crippen LogP contribution in [0.15, 0.2) is 18.2 Å². The van der Waals surface area contributed by atoms with E-state index in [2.05, 4.69) is 0 Å². The van der Waals surface area contributed by atoms with Crippen LogP contribution in [0.5, 0.6) is 5.75 Å². The SMILES string of the molecule is Cc1ccc(OCC=O)c(N(C)C)c1. The molecule has 1 rings (SSSR count).